The lowest BCUT2D eigenvalue weighted by atomic mass is 9.77. The fourth-order valence-corrected chi connectivity index (χ4v) is 6.73. The number of nitrogens with one attached hydrogen (secondary N) is 1. The van der Waals surface area contributed by atoms with E-state index in [1.807, 2.05) is 18.5 Å². The summed E-state index contributed by atoms with van der Waals surface area (Å²) in [4.78, 5) is 6.98. The van der Waals surface area contributed by atoms with E-state index >= 15 is 0 Å². The van der Waals surface area contributed by atoms with E-state index in [9.17, 15) is 0 Å². The van der Waals surface area contributed by atoms with Crippen LogP contribution in [0, 0.1) is 0 Å². The maximum Gasteiger partial charge on any atom is 0.151 e. The molecule has 4 heterocycles. The highest BCUT2D eigenvalue weighted by molar-refractivity contribution is 5.82. The number of rotatable bonds is 5. The number of aromatic nitrogens is 1. The molecule has 0 saturated carbocycles. The minimum atomic E-state index is 0.0252. The Morgan fingerprint density at radius 1 is 0.806 bits per heavy atom. The number of hydrogen-bond donors (Lipinski definition) is 1. The molecule has 7 rings (SSSR count). The molecule has 2 atom stereocenters. The van der Waals surface area contributed by atoms with Crippen LogP contribution in [0.3, 0.4) is 0 Å². The van der Waals surface area contributed by atoms with Gasteiger partial charge in [-0.15, -0.1) is 0 Å². The minimum absolute atomic E-state index is 0.0252. The maximum atomic E-state index is 6.56. The molecule has 2 bridgehead atoms. The molecule has 0 radical (unpaired) electrons. The number of piperidine rings is 1. The van der Waals surface area contributed by atoms with Crippen LogP contribution in [0.2, 0.25) is 0 Å². The van der Waals surface area contributed by atoms with Crippen molar-refractivity contribution in [3.8, 4) is 22.6 Å². The third-order valence-electron chi connectivity index (χ3n) is 8.31. The smallest absolute Gasteiger partial charge is 0.151 e. The van der Waals surface area contributed by atoms with Crippen molar-refractivity contribution in [3.63, 3.8) is 0 Å². The van der Waals surface area contributed by atoms with E-state index in [1.54, 1.807) is 0 Å². The van der Waals surface area contributed by atoms with Crippen molar-refractivity contribution >= 4 is 11.4 Å². The largest absolute Gasteiger partial charge is 0.453 e. The lowest BCUT2D eigenvalue weighted by molar-refractivity contribution is 0.232. The van der Waals surface area contributed by atoms with Crippen LogP contribution >= 0.6 is 0 Å². The quantitative estimate of drug-likeness (QED) is 0.330. The summed E-state index contributed by atoms with van der Waals surface area (Å²) in [7, 11) is 0. The highest BCUT2D eigenvalue weighted by atomic mass is 16.5. The van der Waals surface area contributed by atoms with Crippen LogP contribution in [0.1, 0.15) is 37.7 Å². The average Bonchev–Trinajstić information content (AvgIpc) is 3.29. The Morgan fingerprint density at radius 2 is 1.58 bits per heavy atom. The zero-order valence-electron chi connectivity index (χ0n) is 20.4. The van der Waals surface area contributed by atoms with E-state index in [4.69, 9.17) is 4.74 Å². The van der Waals surface area contributed by atoms with E-state index in [0.717, 1.165) is 48.3 Å². The first-order chi connectivity index (χ1) is 17.8. The van der Waals surface area contributed by atoms with Crippen LogP contribution in [0.5, 0.6) is 11.5 Å². The number of pyridine rings is 1. The van der Waals surface area contributed by atoms with Crippen molar-refractivity contribution in [2.24, 2.45) is 0 Å². The van der Waals surface area contributed by atoms with Gasteiger partial charge in [0.15, 0.2) is 11.5 Å². The van der Waals surface area contributed by atoms with Gasteiger partial charge in [0.05, 0.1) is 11.4 Å². The van der Waals surface area contributed by atoms with Gasteiger partial charge >= 0.3 is 0 Å². The molecular formula is C32H31N3O. The molecule has 36 heavy (non-hydrogen) atoms. The van der Waals surface area contributed by atoms with E-state index in [0.29, 0.717) is 12.1 Å². The number of benzene rings is 3. The lowest BCUT2D eigenvalue weighted by Crippen LogP contribution is -2.57. The maximum absolute atomic E-state index is 6.56. The molecule has 3 aromatic carbocycles. The van der Waals surface area contributed by atoms with Gasteiger partial charge in [-0.3, -0.25) is 4.98 Å². The SMILES string of the molecule is c1ccc(CCC2(N3c4ccccc4Oc4cc(-c5cccnc5)ccc43)CC3CCC(C2)N3)cc1. The van der Waals surface area contributed by atoms with Crippen LogP contribution < -0.4 is 15.0 Å². The number of fused-ring (bicyclic) bond motifs is 4. The molecular weight excluding hydrogens is 442 g/mol. The van der Waals surface area contributed by atoms with Crippen LogP contribution in [0.25, 0.3) is 11.1 Å². The van der Waals surface area contributed by atoms with Gasteiger partial charge in [0.25, 0.3) is 0 Å². The summed E-state index contributed by atoms with van der Waals surface area (Å²) in [5.74, 6) is 1.87. The van der Waals surface area contributed by atoms with E-state index in [2.05, 4.69) is 94.1 Å². The Labute approximate surface area is 213 Å². The highest BCUT2D eigenvalue weighted by Gasteiger charge is 2.49. The second-order valence-corrected chi connectivity index (χ2v) is 10.6. The summed E-state index contributed by atoms with van der Waals surface area (Å²) in [5, 5.41) is 3.90. The van der Waals surface area contributed by atoms with E-state index < -0.39 is 0 Å². The standard InChI is InChI=1S/C32H31N3O/c1-2-7-23(8-3-1)16-17-32(20-26-13-14-27(21-32)34-26)35-28-10-4-5-11-30(28)36-31-19-24(12-15-29(31)35)25-9-6-18-33-22-25/h1-12,15,18-19,22,26-27,34H,13-14,16-17,20-21H2. The first-order valence-corrected chi connectivity index (χ1v) is 13.2. The number of anilines is 2. The summed E-state index contributed by atoms with van der Waals surface area (Å²) >= 11 is 0. The molecule has 4 aromatic rings. The molecule has 0 spiro atoms. The number of para-hydroxylation sites is 2. The van der Waals surface area contributed by atoms with Crippen LogP contribution in [-0.2, 0) is 6.42 Å². The fourth-order valence-electron chi connectivity index (χ4n) is 6.73. The molecule has 3 aliphatic heterocycles. The molecule has 2 unspecified atom stereocenters. The molecule has 1 N–H and O–H groups in total. The molecule has 0 amide bonds. The second kappa shape index (κ2) is 8.79. The summed E-state index contributed by atoms with van der Waals surface area (Å²) in [5.41, 5.74) is 6.04. The fraction of sp³-hybridized carbons (Fsp3) is 0.281. The Hall–Kier alpha value is -3.63. The van der Waals surface area contributed by atoms with Crippen molar-refractivity contribution in [3.05, 3.63) is 103 Å². The van der Waals surface area contributed by atoms with Crippen LogP contribution in [-0.4, -0.2) is 22.6 Å². The average molecular weight is 474 g/mol. The van der Waals surface area contributed by atoms with Crippen molar-refractivity contribution in [2.45, 2.75) is 56.1 Å². The van der Waals surface area contributed by atoms with Gasteiger partial charge in [-0.25, -0.2) is 0 Å². The van der Waals surface area contributed by atoms with Crippen LogP contribution in [0.15, 0.2) is 97.3 Å². The third-order valence-corrected chi connectivity index (χ3v) is 8.31. The normalized spacial score (nSPS) is 24.1. The van der Waals surface area contributed by atoms with Gasteiger partial charge in [-0.05, 0) is 80.0 Å². The summed E-state index contributed by atoms with van der Waals surface area (Å²) < 4.78 is 6.56. The zero-order chi connectivity index (χ0) is 24.0. The van der Waals surface area contributed by atoms with Gasteiger partial charge < -0.3 is 15.0 Å². The first kappa shape index (κ1) is 21.6. The van der Waals surface area contributed by atoms with Gasteiger partial charge in [0.2, 0.25) is 0 Å². The van der Waals surface area contributed by atoms with E-state index in [1.165, 1.54) is 29.8 Å². The predicted molar refractivity (Wildman–Crippen MR) is 145 cm³/mol. The Bertz CT molecular complexity index is 1360. The summed E-state index contributed by atoms with van der Waals surface area (Å²) in [6, 6.07) is 31.5. The molecule has 2 fully saturated rings. The lowest BCUT2D eigenvalue weighted by Gasteiger charge is -2.52. The molecule has 4 nitrogen and oxygen atoms in total. The molecule has 3 aliphatic rings. The number of hydrogen-bond acceptors (Lipinski definition) is 4. The zero-order valence-corrected chi connectivity index (χ0v) is 20.4. The first-order valence-electron chi connectivity index (χ1n) is 13.2. The van der Waals surface area contributed by atoms with Gasteiger partial charge in [0, 0.05) is 35.6 Å². The van der Waals surface area contributed by atoms with Gasteiger partial charge in [-0.1, -0.05) is 54.6 Å². The second-order valence-electron chi connectivity index (χ2n) is 10.6. The topological polar surface area (TPSA) is 37.4 Å². The molecule has 2 saturated heterocycles. The van der Waals surface area contributed by atoms with E-state index in [-0.39, 0.29) is 5.54 Å². The number of nitrogens with zero attached hydrogens (tertiary/aromatic N) is 2. The van der Waals surface area contributed by atoms with Crippen molar-refractivity contribution in [1.82, 2.24) is 10.3 Å². The summed E-state index contributed by atoms with van der Waals surface area (Å²) in [6.45, 7) is 0. The Balaban J connectivity index is 1.35. The number of aryl methyl sites for hydroxylation is 1. The Kier molecular flexibility index (Phi) is 5.28. The minimum Gasteiger partial charge on any atom is -0.453 e. The van der Waals surface area contributed by atoms with Crippen molar-refractivity contribution in [1.29, 1.82) is 0 Å². The van der Waals surface area contributed by atoms with Crippen LogP contribution in [0.4, 0.5) is 11.4 Å². The predicted octanol–water partition coefficient (Wildman–Crippen LogP) is 7.28. The van der Waals surface area contributed by atoms with Crippen molar-refractivity contribution < 1.29 is 4.74 Å². The molecule has 4 heteroatoms. The third kappa shape index (κ3) is 3.77. The molecule has 180 valence electrons. The monoisotopic (exact) mass is 473 g/mol. The molecule has 0 aliphatic carbocycles. The highest BCUT2D eigenvalue weighted by Crippen LogP contribution is 2.55. The van der Waals surface area contributed by atoms with Crippen molar-refractivity contribution in [2.75, 3.05) is 4.90 Å². The number of ether oxygens (including phenoxy) is 1. The van der Waals surface area contributed by atoms with Gasteiger partial charge in [0.1, 0.15) is 0 Å². The van der Waals surface area contributed by atoms with Gasteiger partial charge in [-0.2, -0.15) is 0 Å². The summed E-state index contributed by atoms with van der Waals surface area (Å²) in [6.07, 6.45) is 10.8. The molecule has 1 aromatic heterocycles. The Morgan fingerprint density at radius 3 is 2.39 bits per heavy atom.